The van der Waals surface area contributed by atoms with Gasteiger partial charge in [0.2, 0.25) is 5.91 Å². The van der Waals surface area contributed by atoms with Crippen LogP contribution >= 0.6 is 0 Å². The van der Waals surface area contributed by atoms with E-state index in [0.717, 1.165) is 11.1 Å². The summed E-state index contributed by atoms with van der Waals surface area (Å²) in [6.45, 7) is 1.99. The van der Waals surface area contributed by atoms with Crippen LogP contribution in [0.1, 0.15) is 11.1 Å². The van der Waals surface area contributed by atoms with Crippen molar-refractivity contribution in [1.29, 1.82) is 0 Å². The Bertz CT molecular complexity index is 1380. The Morgan fingerprint density at radius 2 is 1.81 bits per heavy atom. The highest BCUT2D eigenvalue weighted by molar-refractivity contribution is 6.07. The van der Waals surface area contributed by atoms with Crippen molar-refractivity contribution in [1.82, 2.24) is 0 Å². The molecule has 2 N–H and O–H groups in total. The maximum absolute atomic E-state index is 12.8. The van der Waals surface area contributed by atoms with Crippen LogP contribution in [-0.2, 0) is 4.79 Å². The minimum atomic E-state index is -0.434. The number of aromatic hydroxyl groups is 1. The molecule has 6 nitrogen and oxygen atoms in total. The normalized spacial score (nSPS) is 11.1. The lowest BCUT2D eigenvalue weighted by atomic mass is 10.1. The van der Waals surface area contributed by atoms with Crippen LogP contribution < -0.4 is 15.5 Å². The summed E-state index contributed by atoms with van der Waals surface area (Å²) in [7, 11) is 1.52. The fraction of sp³-hybridized carbons (Fsp3) is 0.0769. The molecule has 1 aromatic heterocycles. The van der Waals surface area contributed by atoms with Gasteiger partial charge in [-0.25, -0.2) is 0 Å². The van der Waals surface area contributed by atoms with Crippen molar-refractivity contribution in [2.75, 3.05) is 12.4 Å². The number of hydrogen-bond donors (Lipinski definition) is 2. The minimum absolute atomic E-state index is 0.0102. The van der Waals surface area contributed by atoms with Crippen molar-refractivity contribution < 1.29 is 19.1 Å². The number of amides is 1. The molecule has 0 saturated carbocycles. The van der Waals surface area contributed by atoms with Gasteiger partial charge in [-0.15, -0.1) is 0 Å². The van der Waals surface area contributed by atoms with Crippen LogP contribution in [0.2, 0.25) is 0 Å². The standard InChI is InChI=1S/C26H21NO5/c1-16-7-9-17(10-8-16)11-14-24(30)27-19-12-13-20(28)25-21(29)15-23(32-26(19)25)18-5-3-4-6-22(18)31-2/h3-15,28H,1-2H3,(H,27,30)/b14-11+. The molecule has 0 saturated heterocycles. The molecule has 4 aromatic rings. The number of methoxy groups -OCH3 is 1. The van der Waals surface area contributed by atoms with Crippen LogP contribution in [0.3, 0.4) is 0 Å². The summed E-state index contributed by atoms with van der Waals surface area (Å²) >= 11 is 0. The molecule has 0 aliphatic heterocycles. The Morgan fingerprint density at radius 3 is 2.56 bits per heavy atom. The molecule has 1 heterocycles. The first-order valence-electron chi connectivity index (χ1n) is 9.95. The smallest absolute Gasteiger partial charge is 0.248 e. The number of ether oxygens (including phenoxy) is 1. The van der Waals surface area contributed by atoms with Crippen molar-refractivity contribution in [3.63, 3.8) is 0 Å². The summed E-state index contributed by atoms with van der Waals surface area (Å²) < 4.78 is 11.3. The number of phenols is 1. The van der Waals surface area contributed by atoms with Gasteiger partial charge in [-0.05, 0) is 42.8 Å². The number of phenolic OH excluding ortho intramolecular Hbond substituents is 1. The molecule has 3 aromatic carbocycles. The molecule has 0 bridgehead atoms. The van der Waals surface area contributed by atoms with Crippen LogP contribution in [0.4, 0.5) is 5.69 Å². The predicted octanol–water partition coefficient (Wildman–Crippen LogP) is 5.13. The van der Waals surface area contributed by atoms with Gasteiger partial charge < -0.3 is 19.6 Å². The molecule has 0 aliphatic carbocycles. The summed E-state index contributed by atoms with van der Waals surface area (Å²) in [6.07, 6.45) is 3.08. The molecule has 0 fully saturated rings. The maximum Gasteiger partial charge on any atom is 0.248 e. The molecule has 1 amide bonds. The van der Waals surface area contributed by atoms with Gasteiger partial charge in [0, 0.05) is 12.1 Å². The van der Waals surface area contributed by atoms with Crippen LogP contribution in [0.5, 0.6) is 11.5 Å². The van der Waals surface area contributed by atoms with Crippen LogP contribution in [0.15, 0.2) is 82.0 Å². The van der Waals surface area contributed by atoms with Gasteiger partial charge in [0.1, 0.15) is 22.6 Å². The van der Waals surface area contributed by atoms with Crippen molar-refractivity contribution in [2.24, 2.45) is 0 Å². The summed E-state index contributed by atoms with van der Waals surface area (Å²) in [5, 5.41) is 13.0. The van der Waals surface area contributed by atoms with E-state index in [2.05, 4.69) is 5.32 Å². The van der Waals surface area contributed by atoms with E-state index in [4.69, 9.17) is 9.15 Å². The van der Waals surface area contributed by atoms with Crippen molar-refractivity contribution >= 4 is 28.6 Å². The molecule has 0 spiro atoms. The first kappa shape index (κ1) is 20.9. The second kappa shape index (κ2) is 8.81. The largest absolute Gasteiger partial charge is 0.507 e. The molecule has 32 heavy (non-hydrogen) atoms. The van der Waals surface area contributed by atoms with Gasteiger partial charge >= 0.3 is 0 Å². The molecule has 0 aliphatic rings. The minimum Gasteiger partial charge on any atom is -0.507 e. The zero-order chi connectivity index (χ0) is 22.7. The number of anilines is 1. The molecular weight excluding hydrogens is 406 g/mol. The van der Waals surface area contributed by atoms with E-state index in [1.54, 1.807) is 30.3 Å². The second-order valence-corrected chi connectivity index (χ2v) is 7.24. The molecule has 0 unspecified atom stereocenters. The Balaban J connectivity index is 1.74. The lowest BCUT2D eigenvalue weighted by Gasteiger charge is -2.11. The molecule has 0 atom stereocenters. The third-order valence-electron chi connectivity index (χ3n) is 4.99. The topological polar surface area (TPSA) is 88.8 Å². The van der Waals surface area contributed by atoms with E-state index in [1.165, 1.54) is 31.4 Å². The van der Waals surface area contributed by atoms with E-state index in [1.807, 2.05) is 31.2 Å². The SMILES string of the molecule is COc1ccccc1-c1cc(=O)c2c(O)ccc(NC(=O)/C=C/c3ccc(C)cc3)c2o1. The number of carbonyl (C=O) groups excluding carboxylic acids is 1. The molecule has 6 heteroatoms. The van der Waals surface area contributed by atoms with Gasteiger partial charge in [-0.1, -0.05) is 42.0 Å². The van der Waals surface area contributed by atoms with E-state index in [0.29, 0.717) is 11.3 Å². The van der Waals surface area contributed by atoms with Gasteiger partial charge in [0.15, 0.2) is 11.0 Å². The Hall–Kier alpha value is -4.32. The van der Waals surface area contributed by atoms with Gasteiger partial charge in [-0.2, -0.15) is 0 Å². The number of nitrogens with one attached hydrogen (secondary N) is 1. The fourth-order valence-corrected chi connectivity index (χ4v) is 3.35. The third kappa shape index (κ3) is 4.25. The third-order valence-corrected chi connectivity index (χ3v) is 4.99. The van der Waals surface area contributed by atoms with Crippen LogP contribution in [0, 0.1) is 6.92 Å². The van der Waals surface area contributed by atoms with Crippen molar-refractivity contribution in [2.45, 2.75) is 6.92 Å². The Labute approximate surface area is 184 Å². The van der Waals surface area contributed by atoms with Gasteiger partial charge in [-0.3, -0.25) is 9.59 Å². The van der Waals surface area contributed by atoms with E-state index in [9.17, 15) is 14.7 Å². The number of para-hydroxylation sites is 1. The Morgan fingerprint density at radius 1 is 1.06 bits per heavy atom. The van der Waals surface area contributed by atoms with E-state index in [-0.39, 0.29) is 28.2 Å². The maximum atomic E-state index is 12.8. The van der Waals surface area contributed by atoms with Crippen LogP contribution in [0.25, 0.3) is 28.4 Å². The number of benzene rings is 3. The highest BCUT2D eigenvalue weighted by Gasteiger charge is 2.17. The average molecular weight is 427 g/mol. The van der Waals surface area contributed by atoms with Gasteiger partial charge in [0.05, 0.1) is 18.4 Å². The first-order chi connectivity index (χ1) is 15.5. The zero-order valence-electron chi connectivity index (χ0n) is 17.6. The second-order valence-electron chi connectivity index (χ2n) is 7.24. The fourth-order valence-electron chi connectivity index (χ4n) is 3.35. The number of fused-ring (bicyclic) bond motifs is 1. The Kier molecular flexibility index (Phi) is 5.77. The molecule has 0 radical (unpaired) electrons. The summed E-state index contributed by atoms with van der Waals surface area (Å²) in [5.74, 6) is 0.162. The molecular formula is C26H21NO5. The lowest BCUT2D eigenvalue weighted by molar-refractivity contribution is -0.111. The number of hydrogen-bond acceptors (Lipinski definition) is 5. The molecule has 160 valence electrons. The number of aryl methyl sites for hydroxylation is 1. The predicted molar refractivity (Wildman–Crippen MR) is 125 cm³/mol. The zero-order valence-corrected chi connectivity index (χ0v) is 17.6. The highest BCUT2D eigenvalue weighted by atomic mass is 16.5. The first-order valence-corrected chi connectivity index (χ1v) is 9.95. The number of rotatable bonds is 5. The van der Waals surface area contributed by atoms with Gasteiger partial charge in [0.25, 0.3) is 0 Å². The quantitative estimate of drug-likeness (QED) is 0.340. The summed E-state index contributed by atoms with van der Waals surface area (Å²) in [5.41, 5.74) is 2.50. The van der Waals surface area contributed by atoms with E-state index >= 15 is 0 Å². The van der Waals surface area contributed by atoms with Crippen LogP contribution in [-0.4, -0.2) is 18.1 Å². The monoisotopic (exact) mass is 427 g/mol. The summed E-state index contributed by atoms with van der Waals surface area (Å²) in [6, 6.07) is 19.0. The summed E-state index contributed by atoms with van der Waals surface area (Å²) in [4.78, 5) is 25.3. The number of carbonyl (C=O) groups is 1. The van der Waals surface area contributed by atoms with Crippen molar-refractivity contribution in [3.05, 3.63) is 94.2 Å². The van der Waals surface area contributed by atoms with E-state index < -0.39 is 11.3 Å². The lowest BCUT2D eigenvalue weighted by Crippen LogP contribution is -2.10. The molecule has 4 rings (SSSR count). The van der Waals surface area contributed by atoms with Crippen molar-refractivity contribution in [3.8, 4) is 22.8 Å². The highest BCUT2D eigenvalue weighted by Crippen LogP contribution is 2.35. The average Bonchev–Trinajstić information content (AvgIpc) is 2.80.